The second-order valence-corrected chi connectivity index (χ2v) is 9.90. The maximum Gasteiger partial charge on any atom is 0.303 e. The highest BCUT2D eigenvalue weighted by atomic mass is 16.5. The van der Waals surface area contributed by atoms with E-state index in [2.05, 4.69) is 37.8 Å². The zero-order chi connectivity index (χ0) is 26.1. The third-order valence-electron chi connectivity index (χ3n) is 7.24. The number of carbonyl (C=O) groups is 1. The van der Waals surface area contributed by atoms with Gasteiger partial charge < -0.3 is 19.4 Å². The van der Waals surface area contributed by atoms with E-state index in [9.17, 15) is 9.90 Å². The van der Waals surface area contributed by atoms with Crippen LogP contribution in [-0.2, 0) is 24.1 Å². The van der Waals surface area contributed by atoms with Gasteiger partial charge in [0.15, 0.2) is 0 Å². The minimum Gasteiger partial charge on any atom is -0.493 e. The van der Waals surface area contributed by atoms with Crippen molar-refractivity contribution in [1.82, 2.24) is 9.88 Å². The number of aliphatic hydroxyl groups excluding tert-OH is 1. The number of aliphatic carboxylic acids is 1. The van der Waals surface area contributed by atoms with Gasteiger partial charge in [0.2, 0.25) is 5.89 Å². The number of β-amino-alcohol motifs (C(OH)–C–C–N with tert-alkyl or cyclic N) is 1. The molecule has 7 nitrogen and oxygen atoms in total. The van der Waals surface area contributed by atoms with E-state index >= 15 is 0 Å². The van der Waals surface area contributed by atoms with Crippen LogP contribution in [0.5, 0.6) is 5.75 Å². The van der Waals surface area contributed by atoms with Crippen molar-refractivity contribution in [2.75, 3.05) is 26.3 Å². The topological polar surface area (TPSA) is 96.0 Å². The van der Waals surface area contributed by atoms with Crippen LogP contribution in [0.15, 0.2) is 34.8 Å². The van der Waals surface area contributed by atoms with Gasteiger partial charge in [-0.2, -0.15) is 0 Å². The second-order valence-electron chi connectivity index (χ2n) is 9.90. The fraction of sp³-hybridized carbons (Fsp3) is 0.586. The summed E-state index contributed by atoms with van der Waals surface area (Å²) < 4.78 is 12.1. The van der Waals surface area contributed by atoms with Gasteiger partial charge in [-0.3, -0.25) is 9.69 Å². The van der Waals surface area contributed by atoms with Crippen LogP contribution in [0.3, 0.4) is 0 Å². The summed E-state index contributed by atoms with van der Waals surface area (Å²) in [7, 11) is 0. The molecule has 3 rings (SSSR count). The molecule has 36 heavy (non-hydrogen) atoms. The normalized spacial score (nSPS) is 19.7. The fourth-order valence-corrected chi connectivity index (χ4v) is 5.05. The van der Waals surface area contributed by atoms with Gasteiger partial charge in [-0.05, 0) is 75.8 Å². The Kier molecular flexibility index (Phi) is 10.1. The third kappa shape index (κ3) is 7.20. The fourth-order valence-electron chi connectivity index (χ4n) is 5.05. The summed E-state index contributed by atoms with van der Waals surface area (Å²) in [6.45, 7) is 10.8. The number of carboxylic acid groups (broad SMARTS) is 1. The monoisotopic (exact) mass is 498 g/mol. The van der Waals surface area contributed by atoms with Crippen LogP contribution in [0.1, 0.15) is 80.8 Å². The predicted octanol–water partition coefficient (Wildman–Crippen LogP) is 5.08. The van der Waals surface area contributed by atoms with Gasteiger partial charge in [-0.1, -0.05) is 32.1 Å². The molecule has 2 atom stereocenters. The van der Waals surface area contributed by atoms with E-state index in [-0.39, 0.29) is 24.5 Å². The summed E-state index contributed by atoms with van der Waals surface area (Å²) in [6.07, 6.45) is 9.66. The number of nitrogens with zero attached hydrogens (tertiary/aromatic N) is 2. The molecule has 7 heteroatoms. The highest BCUT2D eigenvalue weighted by Crippen LogP contribution is 2.36. The quantitative estimate of drug-likeness (QED) is 0.351. The number of carboxylic acids is 1. The molecular formula is C29H42N2O5. The number of allylic oxidation sites excluding steroid dienone is 1. The van der Waals surface area contributed by atoms with Gasteiger partial charge in [-0.25, -0.2) is 4.98 Å². The molecule has 0 radical (unpaired) electrons. The minimum absolute atomic E-state index is 0.0476. The molecule has 0 saturated carbocycles. The summed E-state index contributed by atoms with van der Waals surface area (Å²) in [6, 6.07) is 5.91. The number of rotatable bonds is 14. The smallest absolute Gasteiger partial charge is 0.303 e. The van der Waals surface area contributed by atoms with E-state index in [1.807, 2.05) is 25.1 Å². The molecule has 1 aliphatic rings. The molecule has 198 valence electrons. The van der Waals surface area contributed by atoms with E-state index in [0.29, 0.717) is 26.0 Å². The van der Waals surface area contributed by atoms with E-state index < -0.39 is 5.97 Å². The summed E-state index contributed by atoms with van der Waals surface area (Å²) >= 11 is 0. The van der Waals surface area contributed by atoms with Crippen LogP contribution in [-0.4, -0.2) is 57.9 Å². The molecule has 2 unspecified atom stereocenters. The van der Waals surface area contributed by atoms with Gasteiger partial charge in [0, 0.05) is 24.9 Å². The molecule has 1 aliphatic carbocycles. The highest BCUT2D eigenvalue weighted by Gasteiger charge is 2.33. The molecule has 1 heterocycles. The Bertz CT molecular complexity index is 1020. The lowest BCUT2D eigenvalue weighted by atomic mass is 9.82. The Balaban J connectivity index is 1.58. The van der Waals surface area contributed by atoms with E-state index in [1.54, 1.807) is 0 Å². The van der Waals surface area contributed by atoms with E-state index in [1.165, 1.54) is 0 Å². The second kappa shape index (κ2) is 13.1. The molecule has 0 spiro atoms. The zero-order valence-corrected chi connectivity index (χ0v) is 22.3. The molecule has 2 aromatic rings. The zero-order valence-electron chi connectivity index (χ0n) is 22.3. The standard InChI is InChI=1S/C29H42N2O5/c1-5-16-31(17-18-32)29(4)14-11-24(12-15-29)28-30-26(21(3)36-28)13-19-35-25-9-7-23(8-10-27(33)34)22(6-2)20-25/h7,9,11,14,20,24,32H,5-6,8,10,12-13,15-19H2,1-4H3,(H,33,34). The predicted molar refractivity (Wildman–Crippen MR) is 141 cm³/mol. The largest absolute Gasteiger partial charge is 0.493 e. The van der Waals surface area contributed by atoms with Crippen molar-refractivity contribution >= 4 is 5.97 Å². The van der Waals surface area contributed by atoms with Crippen molar-refractivity contribution in [2.45, 2.75) is 84.1 Å². The van der Waals surface area contributed by atoms with Crippen molar-refractivity contribution in [3.05, 3.63) is 58.8 Å². The number of aromatic nitrogens is 1. The average Bonchev–Trinajstić information content (AvgIpc) is 3.23. The maximum absolute atomic E-state index is 10.9. The van der Waals surface area contributed by atoms with Crippen molar-refractivity contribution in [3.8, 4) is 5.75 Å². The highest BCUT2D eigenvalue weighted by molar-refractivity contribution is 5.67. The number of oxazole rings is 1. The molecule has 2 N–H and O–H groups in total. The molecule has 0 amide bonds. The molecule has 0 aliphatic heterocycles. The van der Waals surface area contributed by atoms with Crippen molar-refractivity contribution in [1.29, 1.82) is 0 Å². The molecule has 0 bridgehead atoms. The van der Waals surface area contributed by atoms with Crippen LogP contribution >= 0.6 is 0 Å². The third-order valence-corrected chi connectivity index (χ3v) is 7.24. The van der Waals surface area contributed by atoms with Crippen LogP contribution in [0.2, 0.25) is 0 Å². The lowest BCUT2D eigenvalue weighted by Gasteiger charge is -2.42. The Labute approximate surface area is 215 Å². The first kappa shape index (κ1) is 27.9. The van der Waals surface area contributed by atoms with Gasteiger partial charge in [0.25, 0.3) is 0 Å². The van der Waals surface area contributed by atoms with Crippen molar-refractivity contribution in [3.63, 3.8) is 0 Å². The van der Waals surface area contributed by atoms with Gasteiger partial charge >= 0.3 is 5.97 Å². The Morgan fingerprint density at radius 3 is 2.69 bits per heavy atom. The number of hydrogen-bond donors (Lipinski definition) is 2. The summed E-state index contributed by atoms with van der Waals surface area (Å²) in [5.74, 6) is 1.77. The molecule has 0 fully saturated rings. The lowest BCUT2D eigenvalue weighted by molar-refractivity contribution is -0.136. The SMILES string of the molecule is CCCN(CCO)C1(C)C=CC(c2nc(CCOc3ccc(CCC(=O)O)c(CC)c3)c(C)o2)CC1. The van der Waals surface area contributed by atoms with Crippen LogP contribution in [0.4, 0.5) is 0 Å². The van der Waals surface area contributed by atoms with Gasteiger partial charge in [-0.15, -0.1) is 0 Å². The summed E-state index contributed by atoms with van der Waals surface area (Å²) in [5.41, 5.74) is 3.07. The van der Waals surface area contributed by atoms with Crippen LogP contribution < -0.4 is 4.74 Å². The first-order valence-electron chi connectivity index (χ1n) is 13.3. The first-order valence-corrected chi connectivity index (χ1v) is 13.3. The molecular weight excluding hydrogens is 456 g/mol. The Morgan fingerprint density at radius 2 is 2.06 bits per heavy atom. The minimum atomic E-state index is -0.780. The lowest BCUT2D eigenvalue weighted by Crippen LogP contribution is -2.48. The summed E-state index contributed by atoms with van der Waals surface area (Å²) in [4.78, 5) is 18.1. The average molecular weight is 499 g/mol. The Morgan fingerprint density at radius 1 is 1.25 bits per heavy atom. The van der Waals surface area contributed by atoms with E-state index in [4.69, 9.17) is 19.2 Å². The maximum atomic E-state index is 10.9. The molecule has 0 saturated heterocycles. The van der Waals surface area contributed by atoms with Gasteiger partial charge in [0.05, 0.1) is 24.8 Å². The van der Waals surface area contributed by atoms with Crippen molar-refractivity contribution < 1.29 is 24.2 Å². The van der Waals surface area contributed by atoms with Gasteiger partial charge in [0.1, 0.15) is 11.5 Å². The van der Waals surface area contributed by atoms with Crippen LogP contribution in [0.25, 0.3) is 0 Å². The number of hydrogen-bond acceptors (Lipinski definition) is 6. The first-order chi connectivity index (χ1) is 17.3. The van der Waals surface area contributed by atoms with Crippen LogP contribution in [0, 0.1) is 6.92 Å². The number of aryl methyl sites for hydroxylation is 3. The molecule has 1 aromatic carbocycles. The number of benzene rings is 1. The molecule has 1 aromatic heterocycles. The van der Waals surface area contributed by atoms with E-state index in [0.717, 1.165) is 66.4 Å². The number of aliphatic hydroxyl groups is 1. The summed E-state index contributed by atoms with van der Waals surface area (Å²) in [5, 5.41) is 18.4. The number of ether oxygens (including phenoxy) is 1. The van der Waals surface area contributed by atoms with Crippen molar-refractivity contribution in [2.24, 2.45) is 0 Å². The Hall–Kier alpha value is -2.64.